The Morgan fingerprint density at radius 3 is 2.92 bits per heavy atom. The SMILES string of the molecule is [2H]C([2H])([2H])COc1ccc([C@H](CO)NC(=O)[C@H]2C[C@@H]2c2ccccc2)cn1. The summed E-state index contributed by atoms with van der Waals surface area (Å²) in [5.41, 5.74) is 1.78. The van der Waals surface area contributed by atoms with Gasteiger partial charge >= 0.3 is 0 Å². The molecule has 0 saturated heterocycles. The van der Waals surface area contributed by atoms with Gasteiger partial charge in [-0.25, -0.2) is 4.98 Å². The first-order chi connectivity index (χ1) is 12.9. The van der Waals surface area contributed by atoms with Crippen LogP contribution in [0.2, 0.25) is 0 Å². The smallest absolute Gasteiger partial charge is 0.224 e. The Bertz CT molecular complexity index is 766. The number of aliphatic hydroxyl groups excluding tert-OH is 1. The van der Waals surface area contributed by atoms with E-state index in [4.69, 9.17) is 8.85 Å². The standard InChI is InChI=1S/C19H22N2O3/c1-2-24-18-9-8-14(11-20-18)17(12-22)21-19(23)16-10-15(16)13-6-4-3-5-7-13/h3-9,11,15-17,22H,2,10,12H2,1H3,(H,21,23)/t15-,16+,17+/m1/s1/i1D3. The zero-order chi connectivity index (χ0) is 19.4. The van der Waals surface area contributed by atoms with Crippen LogP contribution in [0.5, 0.6) is 5.88 Å². The van der Waals surface area contributed by atoms with Crippen LogP contribution in [0.3, 0.4) is 0 Å². The molecule has 24 heavy (non-hydrogen) atoms. The number of carbonyl (C=O) groups is 1. The Kier molecular flexibility index (Phi) is 4.02. The summed E-state index contributed by atoms with van der Waals surface area (Å²) in [4.78, 5) is 16.5. The van der Waals surface area contributed by atoms with Gasteiger partial charge in [0.25, 0.3) is 0 Å². The highest BCUT2D eigenvalue weighted by atomic mass is 16.5. The molecular weight excluding hydrogens is 304 g/mol. The van der Waals surface area contributed by atoms with Gasteiger partial charge in [-0.05, 0) is 36.4 Å². The summed E-state index contributed by atoms with van der Waals surface area (Å²) in [5, 5.41) is 12.5. The molecule has 1 saturated carbocycles. The lowest BCUT2D eigenvalue weighted by molar-refractivity contribution is -0.123. The van der Waals surface area contributed by atoms with Crippen LogP contribution < -0.4 is 10.1 Å². The molecule has 3 atom stereocenters. The molecule has 3 rings (SSSR count). The first-order valence-electron chi connectivity index (χ1n) is 9.42. The first-order valence-corrected chi connectivity index (χ1v) is 7.92. The number of hydrogen-bond acceptors (Lipinski definition) is 4. The molecule has 5 heteroatoms. The van der Waals surface area contributed by atoms with Crippen molar-refractivity contribution in [3.63, 3.8) is 0 Å². The van der Waals surface area contributed by atoms with Crippen LogP contribution in [0.25, 0.3) is 0 Å². The van der Waals surface area contributed by atoms with E-state index in [0.29, 0.717) is 5.56 Å². The monoisotopic (exact) mass is 329 g/mol. The highest BCUT2D eigenvalue weighted by Gasteiger charge is 2.44. The van der Waals surface area contributed by atoms with Gasteiger partial charge < -0.3 is 15.2 Å². The van der Waals surface area contributed by atoms with Crippen LogP contribution in [-0.2, 0) is 4.79 Å². The fourth-order valence-electron chi connectivity index (χ4n) is 2.82. The number of nitrogens with zero attached hydrogens (tertiary/aromatic N) is 1. The van der Waals surface area contributed by atoms with E-state index in [1.54, 1.807) is 6.07 Å². The van der Waals surface area contributed by atoms with Crippen LogP contribution >= 0.6 is 0 Å². The number of nitrogens with one attached hydrogen (secondary N) is 1. The Morgan fingerprint density at radius 2 is 2.25 bits per heavy atom. The second-order valence-electron chi connectivity index (χ2n) is 5.82. The number of pyridine rings is 1. The molecular formula is C19H22N2O3. The predicted molar refractivity (Wildman–Crippen MR) is 90.7 cm³/mol. The Labute approximate surface area is 145 Å². The van der Waals surface area contributed by atoms with Crippen molar-refractivity contribution in [1.29, 1.82) is 0 Å². The van der Waals surface area contributed by atoms with Gasteiger partial charge in [-0.3, -0.25) is 4.79 Å². The van der Waals surface area contributed by atoms with Gasteiger partial charge in [0.15, 0.2) is 0 Å². The number of hydrogen-bond donors (Lipinski definition) is 2. The van der Waals surface area contributed by atoms with Crippen LogP contribution in [-0.4, -0.2) is 29.2 Å². The molecule has 1 aliphatic carbocycles. The van der Waals surface area contributed by atoms with E-state index >= 15 is 0 Å². The lowest BCUT2D eigenvalue weighted by atomic mass is 10.1. The minimum Gasteiger partial charge on any atom is -0.478 e. The van der Waals surface area contributed by atoms with E-state index in [2.05, 4.69) is 10.3 Å². The summed E-state index contributed by atoms with van der Waals surface area (Å²) in [7, 11) is 0. The maximum absolute atomic E-state index is 12.5. The Balaban J connectivity index is 1.56. The predicted octanol–water partition coefficient (Wildman–Crippen LogP) is 2.43. The van der Waals surface area contributed by atoms with Gasteiger partial charge in [-0.15, -0.1) is 0 Å². The largest absolute Gasteiger partial charge is 0.478 e. The fourth-order valence-corrected chi connectivity index (χ4v) is 2.82. The third-order valence-corrected chi connectivity index (χ3v) is 4.24. The highest BCUT2D eigenvalue weighted by molar-refractivity contribution is 5.83. The van der Waals surface area contributed by atoms with Crippen LogP contribution in [0, 0.1) is 5.92 Å². The van der Waals surface area contributed by atoms with Crippen LogP contribution in [0.1, 0.15) is 40.5 Å². The normalized spacial score (nSPS) is 22.6. The van der Waals surface area contributed by atoms with Crippen LogP contribution in [0.4, 0.5) is 0 Å². The number of benzene rings is 1. The van der Waals surface area contributed by atoms with Crippen molar-refractivity contribution in [1.82, 2.24) is 10.3 Å². The first kappa shape index (κ1) is 13.0. The van der Waals surface area contributed by atoms with Crippen molar-refractivity contribution in [2.45, 2.75) is 25.2 Å². The lowest BCUT2D eigenvalue weighted by Gasteiger charge is -2.17. The average Bonchev–Trinajstić information content (AvgIpc) is 3.46. The number of amides is 1. The van der Waals surface area contributed by atoms with Gasteiger partial charge in [0, 0.05) is 22.3 Å². The number of aliphatic hydroxyl groups is 1. The second kappa shape index (κ2) is 7.45. The Hall–Kier alpha value is -2.40. The minimum absolute atomic E-state index is 0.0868. The molecule has 1 amide bonds. The molecule has 1 fully saturated rings. The Morgan fingerprint density at radius 1 is 1.42 bits per heavy atom. The van der Waals surface area contributed by atoms with Crippen molar-refractivity contribution < 1.29 is 18.8 Å². The van der Waals surface area contributed by atoms with Gasteiger partial charge in [0.1, 0.15) is 0 Å². The maximum Gasteiger partial charge on any atom is 0.224 e. The van der Waals surface area contributed by atoms with E-state index in [0.717, 1.165) is 12.0 Å². The van der Waals surface area contributed by atoms with E-state index in [-0.39, 0.29) is 30.2 Å². The molecule has 0 aliphatic heterocycles. The third kappa shape index (κ3) is 3.74. The second-order valence-corrected chi connectivity index (χ2v) is 5.82. The van der Waals surface area contributed by atoms with Crippen molar-refractivity contribution >= 4 is 5.91 Å². The lowest BCUT2D eigenvalue weighted by Crippen LogP contribution is -2.32. The molecule has 1 aromatic carbocycles. The molecule has 0 unspecified atom stereocenters. The van der Waals surface area contributed by atoms with Gasteiger partial charge in [-0.2, -0.15) is 0 Å². The number of carbonyl (C=O) groups excluding carboxylic acids is 1. The van der Waals surface area contributed by atoms with E-state index in [9.17, 15) is 9.90 Å². The summed E-state index contributed by atoms with van der Waals surface area (Å²) in [6.45, 7) is -2.88. The van der Waals surface area contributed by atoms with E-state index in [1.165, 1.54) is 12.3 Å². The third-order valence-electron chi connectivity index (χ3n) is 4.24. The number of aromatic nitrogens is 1. The maximum atomic E-state index is 12.5. The molecule has 5 nitrogen and oxygen atoms in total. The molecule has 0 radical (unpaired) electrons. The molecule has 0 bridgehead atoms. The summed E-state index contributed by atoms with van der Waals surface area (Å²) >= 11 is 0. The van der Waals surface area contributed by atoms with Crippen molar-refractivity contribution in [3.8, 4) is 5.88 Å². The van der Waals surface area contributed by atoms with Gasteiger partial charge in [-0.1, -0.05) is 30.3 Å². The number of rotatable bonds is 7. The fraction of sp³-hybridized carbons (Fsp3) is 0.368. The van der Waals surface area contributed by atoms with Crippen molar-refractivity contribution in [3.05, 3.63) is 59.8 Å². The number of ether oxygens (including phenoxy) is 1. The van der Waals surface area contributed by atoms with Crippen molar-refractivity contribution in [2.75, 3.05) is 13.2 Å². The molecule has 126 valence electrons. The summed E-state index contributed by atoms with van der Waals surface area (Å²) in [6.07, 6.45) is 2.27. The topological polar surface area (TPSA) is 71.5 Å². The molecule has 1 aliphatic rings. The summed E-state index contributed by atoms with van der Waals surface area (Å²) in [6, 6.07) is 12.5. The molecule has 1 aromatic heterocycles. The van der Waals surface area contributed by atoms with Gasteiger partial charge in [0.05, 0.1) is 19.3 Å². The zero-order valence-corrected chi connectivity index (χ0v) is 13.2. The minimum atomic E-state index is -2.19. The van der Waals surface area contributed by atoms with Gasteiger partial charge in [0.2, 0.25) is 11.8 Å². The van der Waals surface area contributed by atoms with Crippen molar-refractivity contribution in [2.24, 2.45) is 5.92 Å². The molecule has 1 heterocycles. The molecule has 2 aromatic rings. The molecule has 0 spiro atoms. The molecule has 2 N–H and O–H groups in total. The zero-order valence-electron chi connectivity index (χ0n) is 16.2. The summed E-state index contributed by atoms with van der Waals surface area (Å²) < 4.78 is 26.5. The summed E-state index contributed by atoms with van der Waals surface area (Å²) in [5.74, 6) is 0.227. The highest BCUT2D eigenvalue weighted by Crippen LogP contribution is 2.47. The van der Waals surface area contributed by atoms with E-state index in [1.807, 2.05) is 30.3 Å². The average molecular weight is 329 g/mol. The van der Waals surface area contributed by atoms with E-state index < -0.39 is 19.5 Å². The van der Waals surface area contributed by atoms with Crippen LogP contribution in [0.15, 0.2) is 48.7 Å². The quantitative estimate of drug-likeness (QED) is 0.818.